The van der Waals surface area contributed by atoms with Gasteiger partial charge in [-0.1, -0.05) is 49.4 Å². The van der Waals surface area contributed by atoms with Crippen LogP contribution < -0.4 is 0 Å². The lowest BCUT2D eigenvalue weighted by atomic mass is 9.89. The number of nitriles is 1. The van der Waals surface area contributed by atoms with Crippen LogP contribution in [-0.2, 0) is 0 Å². The van der Waals surface area contributed by atoms with Crippen molar-refractivity contribution in [2.45, 2.75) is 19.3 Å². The number of hydrogen-bond donors (Lipinski definition) is 1. The van der Waals surface area contributed by atoms with Gasteiger partial charge in [0.1, 0.15) is 6.07 Å². The molecule has 1 atom stereocenters. The molecular formula is C18H16N2. The molecule has 2 aromatic carbocycles. The maximum Gasteiger partial charge on any atom is 0.101 e. The Labute approximate surface area is 118 Å². The fraction of sp³-hybridized carbons (Fsp3) is 0.167. The van der Waals surface area contributed by atoms with E-state index in [0.717, 1.165) is 17.3 Å². The van der Waals surface area contributed by atoms with Gasteiger partial charge in [0.05, 0.1) is 5.56 Å². The number of H-pyrrole nitrogens is 1. The van der Waals surface area contributed by atoms with Crippen LogP contribution in [0.4, 0.5) is 0 Å². The van der Waals surface area contributed by atoms with Gasteiger partial charge in [-0.2, -0.15) is 5.26 Å². The van der Waals surface area contributed by atoms with E-state index in [4.69, 9.17) is 5.26 Å². The molecule has 1 heterocycles. The van der Waals surface area contributed by atoms with E-state index in [-0.39, 0.29) is 0 Å². The number of aromatic nitrogens is 1. The van der Waals surface area contributed by atoms with E-state index in [2.05, 4.69) is 54.4 Å². The molecular weight excluding hydrogens is 244 g/mol. The molecule has 0 spiro atoms. The van der Waals surface area contributed by atoms with Crippen molar-refractivity contribution in [2.24, 2.45) is 0 Å². The Morgan fingerprint density at radius 1 is 1.10 bits per heavy atom. The van der Waals surface area contributed by atoms with Crippen LogP contribution >= 0.6 is 0 Å². The van der Waals surface area contributed by atoms with Crippen molar-refractivity contribution in [3.05, 3.63) is 71.4 Å². The van der Waals surface area contributed by atoms with Crippen molar-refractivity contribution in [1.82, 2.24) is 4.98 Å². The number of nitrogens with one attached hydrogen (secondary N) is 1. The predicted octanol–water partition coefficient (Wildman–Crippen LogP) is 4.58. The summed E-state index contributed by atoms with van der Waals surface area (Å²) in [5.74, 6) is 0.398. The van der Waals surface area contributed by atoms with Crippen LogP contribution in [-0.4, -0.2) is 4.98 Å². The highest BCUT2D eigenvalue weighted by atomic mass is 14.7. The lowest BCUT2D eigenvalue weighted by molar-refractivity contribution is 0.778. The van der Waals surface area contributed by atoms with Gasteiger partial charge in [-0.05, 0) is 23.6 Å². The Hall–Kier alpha value is -2.53. The average molecular weight is 260 g/mol. The number of benzene rings is 2. The van der Waals surface area contributed by atoms with Crippen molar-refractivity contribution in [3.63, 3.8) is 0 Å². The summed E-state index contributed by atoms with van der Waals surface area (Å²) in [5, 5.41) is 10.1. The first-order chi connectivity index (χ1) is 9.83. The maximum atomic E-state index is 9.06. The summed E-state index contributed by atoms with van der Waals surface area (Å²) < 4.78 is 0. The lowest BCUT2D eigenvalue weighted by Gasteiger charge is -2.16. The quantitative estimate of drug-likeness (QED) is 0.735. The molecule has 0 aliphatic carbocycles. The van der Waals surface area contributed by atoms with E-state index < -0.39 is 0 Å². The van der Waals surface area contributed by atoms with Gasteiger partial charge in [-0.25, -0.2) is 0 Å². The molecule has 0 aliphatic heterocycles. The number of nitrogens with zero attached hydrogens (tertiary/aromatic N) is 1. The predicted molar refractivity (Wildman–Crippen MR) is 81.6 cm³/mol. The molecule has 98 valence electrons. The third kappa shape index (κ3) is 2.08. The minimum Gasteiger partial charge on any atom is -0.360 e. The molecule has 1 unspecified atom stereocenters. The number of aromatic amines is 1. The van der Waals surface area contributed by atoms with Gasteiger partial charge in [0.15, 0.2) is 0 Å². The normalized spacial score (nSPS) is 12.2. The zero-order valence-electron chi connectivity index (χ0n) is 11.4. The SMILES string of the molecule is CCC(c1ccccc1)c1ccc2c(C#N)c[nH]c2c1. The summed E-state index contributed by atoms with van der Waals surface area (Å²) in [5.41, 5.74) is 4.37. The molecule has 0 radical (unpaired) electrons. The Kier molecular flexibility index (Phi) is 3.26. The van der Waals surface area contributed by atoms with Crippen LogP contribution in [0, 0.1) is 11.3 Å². The van der Waals surface area contributed by atoms with Crippen molar-refractivity contribution < 1.29 is 0 Å². The van der Waals surface area contributed by atoms with E-state index >= 15 is 0 Å². The average Bonchev–Trinajstić information content (AvgIpc) is 2.91. The van der Waals surface area contributed by atoms with Gasteiger partial charge in [-0.3, -0.25) is 0 Å². The van der Waals surface area contributed by atoms with Gasteiger partial charge < -0.3 is 4.98 Å². The highest BCUT2D eigenvalue weighted by molar-refractivity contribution is 5.86. The number of rotatable bonds is 3. The first-order valence-electron chi connectivity index (χ1n) is 6.89. The summed E-state index contributed by atoms with van der Waals surface area (Å²) >= 11 is 0. The summed E-state index contributed by atoms with van der Waals surface area (Å²) in [7, 11) is 0. The molecule has 0 aliphatic rings. The topological polar surface area (TPSA) is 39.6 Å². The highest BCUT2D eigenvalue weighted by Gasteiger charge is 2.13. The zero-order valence-corrected chi connectivity index (χ0v) is 11.4. The largest absolute Gasteiger partial charge is 0.360 e. The van der Waals surface area contributed by atoms with Crippen LogP contribution in [0.3, 0.4) is 0 Å². The summed E-state index contributed by atoms with van der Waals surface area (Å²) in [6, 6.07) is 19.1. The first kappa shape index (κ1) is 12.5. The van der Waals surface area contributed by atoms with Crippen molar-refractivity contribution >= 4 is 10.9 Å². The summed E-state index contributed by atoms with van der Waals surface area (Å²) in [6.07, 6.45) is 2.83. The standard InChI is InChI=1S/C18H16N2/c1-2-16(13-6-4-3-5-7-13)14-8-9-17-15(11-19)12-20-18(17)10-14/h3-10,12,16,20H,2H2,1H3. The van der Waals surface area contributed by atoms with Crippen LogP contribution in [0.25, 0.3) is 10.9 Å². The molecule has 3 rings (SSSR count). The Morgan fingerprint density at radius 3 is 2.60 bits per heavy atom. The number of fused-ring (bicyclic) bond motifs is 1. The first-order valence-corrected chi connectivity index (χ1v) is 6.89. The van der Waals surface area contributed by atoms with Crippen LogP contribution in [0.15, 0.2) is 54.7 Å². The molecule has 0 saturated heterocycles. The fourth-order valence-electron chi connectivity index (χ4n) is 2.80. The highest BCUT2D eigenvalue weighted by Crippen LogP contribution is 2.30. The van der Waals surface area contributed by atoms with Crippen LogP contribution in [0.2, 0.25) is 0 Å². The van der Waals surface area contributed by atoms with E-state index in [9.17, 15) is 0 Å². The van der Waals surface area contributed by atoms with Crippen molar-refractivity contribution in [3.8, 4) is 6.07 Å². The molecule has 0 saturated carbocycles. The smallest absolute Gasteiger partial charge is 0.101 e. The third-order valence-electron chi connectivity index (χ3n) is 3.84. The van der Waals surface area contributed by atoms with Gasteiger partial charge in [0, 0.05) is 23.0 Å². The molecule has 1 aromatic heterocycles. The third-order valence-corrected chi connectivity index (χ3v) is 3.84. The van der Waals surface area contributed by atoms with E-state index in [1.54, 1.807) is 6.20 Å². The summed E-state index contributed by atoms with van der Waals surface area (Å²) in [6.45, 7) is 2.21. The van der Waals surface area contributed by atoms with Crippen LogP contribution in [0.1, 0.15) is 36.0 Å². The van der Waals surface area contributed by atoms with Crippen LogP contribution in [0.5, 0.6) is 0 Å². The lowest BCUT2D eigenvalue weighted by Crippen LogP contribution is -1.99. The molecule has 20 heavy (non-hydrogen) atoms. The van der Waals surface area contributed by atoms with Gasteiger partial charge >= 0.3 is 0 Å². The molecule has 2 heteroatoms. The van der Waals surface area contributed by atoms with Gasteiger partial charge in [0.25, 0.3) is 0 Å². The molecule has 2 nitrogen and oxygen atoms in total. The monoisotopic (exact) mass is 260 g/mol. The Morgan fingerprint density at radius 2 is 1.90 bits per heavy atom. The van der Waals surface area contributed by atoms with E-state index in [0.29, 0.717) is 11.5 Å². The molecule has 0 fully saturated rings. The van der Waals surface area contributed by atoms with Crippen molar-refractivity contribution in [2.75, 3.05) is 0 Å². The second kappa shape index (κ2) is 5.22. The zero-order chi connectivity index (χ0) is 13.9. The minimum absolute atomic E-state index is 0.398. The number of hydrogen-bond acceptors (Lipinski definition) is 1. The van der Waals surface area contributed by atoms with Gasteiger partial charge in [0.2, 0.25) is 0 Å². The minimum atomic E-state index is 0.398. The molecule has 0 amide bonds. The Bertz CT molecular complexity index is 763. The second-order valence-electron chi connectivity index (χ2n) is 4.99. The molecule has 0 bridgehead atoms. The fourth-order valence-corrected chi connectivity index (χ4v) is 2.80. The molecule has 1 N–H and O–H groups in total. The van der Waals surface area contributed by atoms with Gasteiger partial charge in [-0.15, -0.1) is 0 Å². The molecule has 3 aromatic rings. The second-order valence-corrected chi connectivity index (χ2v) is 4.99. The Balaban J connectivity index is 2.07. The summed E-state index contributed by atoms with van der Waals surface area (Å²) in [4.78, 5) is 3.19. The van der Waals surface area contributed by atoms with E-state index in [1.807, 2.05) is 12.1 Å². The van der Waals surface area contributed by atoms with Crippen molar-refractivity contribution in [1.29, 1.82) is 5.26 Å². The van der Waals surface area contributed by atoms with E-state index in [1.165, 1.54) is 11.1 Å². The maximum absolute atomic E-state index is 9.06.